The molecule has 6 heteroatoms. The van der Waals surface area contributed by atoms with E-state index in [-0.39, 0.29) is 0 Å². The fourth-order valence-corrected chi connectivity index (χ4v) is 4.20. The van der Waals surface area contributed by atoms with Crippen molar-refractivity contribution in [2.75, 3.05) is 18.8 Å². The van der Waals surface area contributed by atoms with Gasteiger partial charge < -0.3 is 10.7 Å². The van der Waals surface area contributed by atoms with Crippen molar-refractivity contribution >= 4 is 26.6 Å². The molecule has 0 fully saturated rings. The fraction of sp³-hybridized carbons (Fsp3) is 0.286. The van der Waals surface area contributed by atoms with Crippen molar-refractivity contribution in [3.05, 3.63) is 36.0 Å². The Morgan fingerprint density at radius 3 is 2.90 bits per heavy atom. The number of hydrogen-bond acceptors (Lipinski definition) is 3. The van der Waals surface area contributed by atoms with Crippen molar-refractivity contribution in [2.45, 2.75) is 18.2 Å². The third-order valence-corrected chi connectivity index (χ3v) is 5.47. The maximum atomic E-state index is 12.8. The van der Waals surface area contributed by atoms with Crippen LogP contribution in [0.2, 0.25) is 0 Å². The van der Waals surface area contributed by atoms with Crippen molar-refractivity contribution in [3.63, 3.8) is 0 Å². The van der Waals surface area contributed by atoms with Gasteiger partial charge in [0.2, 0.25) is 10.0 Å². The molecule has 1 aromatic carbocycles. The first-order valence-electron chi connectivity index (χ1n) is 6.51. The second kappa shape index (κ2) is 4.64. The molecule has 0 spiro atoms. The molecule has 5 nitrogen and oxygen atoms in total. The molecule has 0 unspecified atom stereocenters. The molecule has 0 aliphatic carbocycles. The van der Waals surface area contributed by atoms with E-state index in [0.717, 1.165) is 17.5 Å². The van der Waals surface area contributed by atoms with Gasteiger partial charge in [-0.25, -0.2) is 8.42 Å². The minimum Gasteiger partial charge on any atom is -0.399 e. The quantitative estimate of drug-likeness (QED) is 0.657. The standard InChI is InChI=1S/C14H17N3O2S/c1-10-3-2-6-17(9-10)20(18,19)14-8-16-13-5-4-11(15)7-12(13)14/h3-5,7-8,16H,2,6,9,15H2,1H3. The summed E-state index contributed by atoms with van der Waals surface area (Å²) in [4.78, 5) is 3.30. The largest absolute Gasteiger partial charge is 0.399 e. The molecule has 0 saturated heterocycles. The number of sulfonamides is 1. The van der Waals surface area contributed by atoms with E-state index in [1.807, 2.05) is 6.92 Å². The van der Waals surface area contributed by atoms with E-state index in [1.165, 1.54) is 4.31 Å². The topological polar surface area (TPSA) is 79.2 Å². The minimum absolute atomic E-state index is 0.300. The summed E-state index contributed by atoms with van der Waals surface area (Å²) in [5.41, 5.74) is 8.19. The van der Waals surface area contributed by atoms with Gasteiger partial charge in [-0.2, -0.15) is 4.31 Å². The summed E-state index contributed by atoms with van der Waals surface area (Å²) in [6.45, 7) is 2.93. The average Bonchev–Trinajstić information content (AvgIpc) is 2.82. The van der Waals surface area contributed by atoms with Gasteiger partial charge in [-0.15, -0.1) is 0 Å². The molecule has 20 heavy (non-hydrogen) atoms. The van der Waals surface area contributed by atoms with Crippen LogP contribution in [-0.2, 0) is 10.0 Å². The maximum absolute atomic E-state index is 12.8. The van der Waals surface area contributed by atoms with Crippen LogP contribution in [0, 0.1) is 0 Å². The SMILES string of the molecule is CC1=CCCN(S(=O)(=O)c2c[nH]c3ccc(N)cc23)C1. The van der Waals surface area contributed by atoms with Crippen LogP contribution in [0.1, 0.15) is 13.3 Å². The van der Waals surface area contributed by atoms with Gasteiger partial charge in [0.25, 0.3) is 0 Å². The van der Waals surface area contributed by atoms with Crippen LogP contribution >= 0.6 is 0 Å². The highest BCUT2D eigenvalue weighted by Crippen LogP contribution is 2.28. The van der Waals surface area contributed by atoms with E-state index >= 15 is 0 Å². The third kappa shape index (κ3) is 2.10. The molecule has 0 amide bonds. The van der Waals surface area contributed by atoms with Gasteiger partial charge in [0.05, 0.1) is 0 Å². The number of rotatable bonds is 2. The van der Waals surface area contributed by atoms with Crippen molar-refractivity contribution in [3.8, 4) is 0 Å². The molecule has 0 atom stereocenters. The van der Waals surface area contributed by atoms with Gasteiger partial charge in [0.1, 0.15) is 4.90 Å². The summed E-state index contributed by atoms with van der Waals surface area (Å²) < 4.78 is 27.0. The van der Waals surface area contributed by atoms with E-state index < -0.39 is 10.0 Å². The monoisotopic (exact) mass is 291 g/mol. The first-order valence-corrected chi connectivity index (χ1v) is 7.95. The van der Waals surface area contributed by atoms with Crippen LogP contribution in [0.5, 0.6) is 0 Å². The highest BCUT2D eigenvalue weighted by molar-refractivity contribution is 7.89. The Hall–Kier alpha value is -1.79. The Kier molecular flexibility index (Phi) is 3.07. The zero-order valence-corrected chi connectivity index (χ0v) is 12.1. The summed E-state index contributed by atoms with van der Waals surface area (Å²) in [5.74, 6) is 0. The Morgan fingerprint density at radius 2 is 2.15 bits per heavy atom. The van der Waals surface area contributed by atoms with Crippen molar-refractivity contribution in [1.82, 2.24) is 9.29 Å². The molecule has 0 bridgehead atoms. The number of H-pyrrole nitrogens is 1. The molecule has 1 aromatic heterocycles. The average molecular weight is 291 g/mol. The predicted octanol–water partition coefficient (Wildman–Crippen LogP) is 2.09. The van der Waals surface area contributed by atoms with Crippen LogP contribution in [0.3, 0.4) is 0 Å². The molecule has 0 radical (unpaired) electrons. The lowest BCUT2D eigenvalue weighted by molar-refractivity contribution is 0.428. The lowest BCUT2D eigenvalue weighted by atomic mass is 10.2. The van der Waals surface area contributed by atoms with Gasteiger partial charge in [-0.05, 0) is 31.5 Å². The van der Waals surface area contributed by atoms with E-state index in [1.54, 1.807) is 24.4 Å². The number of fused-ring (bicyclic) bond motifs is 1. The minimum atomic E-state index is -3.49. The van der Waals surface area contributed by atoms with Gasteiger partial charge >= 0.3 is 0 Å². The highest BCUT2D eigenvalue weighted by Gasteiger charge is 2.28. The Morgan fingerprint density at radius 1 is 1.35 bits per heavy atom. The maximum Gasteiger partial charge on any atom is 0.245 e. The fourth-order valence-electron chi connectivity index (χ4n) is 2.55. The van der Waals surface area contributed by atoms with Crippen LogP contribution in [0.15, 0.2) is 40.9 Å². The van der Waals surface area contributed by atoms with E-state index in [0.29, 0.717) is 29.1 Å². The Labute approximate surface area is 118 Å². The first-order chi connectivity index (χ1) is 9.48. The number of aromatic nitrogens is 1. The summed E-state index contributed by atoms with van der Waals surface area (Å²) >= 11 is 0. The van der Waals surface area contributed by atoms with E-state index in [4.69, 9.17) is 5.73 Å². The smallest absolute Gasteiger partial charge is 0.245 e. The lowest BCUT2D eigenvalue weighted by Crippen LogP contribution is -2.35. The van der Waals surface area contributed by atoms with E-state index in [2.05, 4.69) is 11.1 Å². The Bertz CT molecular complexity index is 790. The predicted molar refractivity (Wildman–Crippen MR) is 79.8 cm³/mol. The Balaban J connectivity index is 2.10. The number of nitrogens with zero attached hydrogens (tertiary/aromatic N) is 1. The first kappa shape index (κ1) is 13.2. The molecule has 0 saturated carbocycles. The van der Waals surface area contributed by atoms with Crippen LogP contribution in [-0.4, -0.2) is 30.8 Å². The van der Waals surface area contributed by atoms with Gasteiger partial charge in [0, 0.05) is 35.9 Å². The third-order valence-electron chi connectivity index (χ3n) is 3.58. The van der Waals surface area contributed by atoms with Crippen LogP contribution < -0.4 is 5.73 Å². The molecule has 3 N–H and O–H groups in total. The second-order valence-corrected chi connectivity index (χ2v) is 7.04. The number of benzene rings is 1. The highest BCUT2D eigenvalue weighted by atomic mass is 32.2. The van der Waals surface area contributed by atoms with Gasteiger partial charge in [-0.3, -0.25) is 0 Å². The molecule has 1 aliphatic heterocycles. The molecule has 106 valence electrons. The summed E-state index contributed by atoms with van der Waals surface area (Å²) in [6, 6.07) is 5.25. The van der Waals surface area contributed by atoms with E-state index in [9.17, 15) is 8.42 Å². The number of nitrogens with one attached hydrogen (secondary N) is 1. The number of anilines is 1. The zero-order valence-electron chi connectivity index (χ0n) is 11.3. The normalized spacial score (nSPS) is 17.4. The van der Waals surface area contributed by atoms with Crippen molar-refractivity contribution < 1.29 is 8.42 Å². The number of hydrogen-bond donors (Lipinski definition) is 2. The van der Waals surface area contributed by atoms with Crippen molar-refractivity contribution in [2.24, 2.45) is 0 Å². The van der Waals surface area contributed by atoms with Crippen LogP contribution in [0.4, 0.5) is 5.69 Å². The lowest BCUT2D eigenvalue weighted by Gasteiger charge is -2.25. The van der Waals surface area contributed by atoms with Crippen LogP contribution in [0.25, 0.3) is 10.9 Å². The number of aromatic amines is 1. The second-order valence-electron chi connectivity index (χ2n) is 5.14. The number of nitrogen functional groups attached to an aromatic ring is 1. The number of nitrogens with two attached hydrogens (primary N) is 1. The molecule has 1 aliphatic rings. The van der Waals surface area contributed by atoms with Crippen molar-refractivity contribution in [1.29, 1.82) is 0 Å². The molecule has 2 aromatic rings. The summed E-state index contributed by atoms with van der Waals surface area (Å²) in [7, 11) is -3.49. The van der Waals surface area contributed by atoms with Gasteiger partial charge in [-0.1, -0.05) is 11.6 Å². The summed E-state index contributed by atoms with van der Waals surface area (Å²) in [6.07, 6.45) is 4.39. The molecule has 3 rings (SSSR count). The molecule has 2 heterocycles. The summed E-state index contributed by atoms with van der Waals surface area (Å²) in [5, 5.41) is 0.650. The zero-order chi connectivity index (χ0) is 14.3. The molecular weight excluding hydrogens is 274 g/mol. The molecular formula is C14H17N3O2S. The van der Waals surface area contributed by atoms with Gasteiger partial charge in [0.15, 0.2) is 0 Å².